The molecule has 2 N–H and O–H groups in total. The fourth-order valence-corrected chi connectivity index (χ4v) is 3.11. The molecular formula is C17H21F3N2O. The lowest BCUT2D eigenvalue weighted by molar-refractivity contribution is -0.137. The number of hydrogen-bond donors (Lipinski definition) is 2. The Morgan fingerprint density at radius 1 is 1.26 bits per heavy atom. The average Bonchev–Trinajstić information content (AvgIpc) is 2.52. The second-order valence-electron chi connectivity index (χ2n) is 6.05. The topological polar surface area (TPSA) is 56.0 Å². The van der Waals surface area contributed by atoms with Crippen molar-refractivity contribution in [3.05, 3.63) is 29.3 Å². The Labute approximate surface area is 134 Å². The molecule has 1 aromatic rings. The molecule has 1 aromatic carbocycles. The van der Waals surface area contributed by atoms with Crippen molar-refractivity contribution in [2.45, 2.75) is 50.8 Å². The molecule has 0 heterocycles. The van der Waals surface area contributed by atoms with Crippen LogP contribution < -0.4 is 5.32 Å². The fourth-order valence-electron chi connectivity index (χ4n) is 3.11. The lowest BCUT2D eigenvalue weighted by Gasteiger charge is -2.27. The molecule has 23 heavy (non-hydrogen) atoms. The van der Waals surface area contributed by atoms with Gasteiger partial charge in [0.1, 0.15) is 0 Å². The molecule has 1 saturated carbocycles. The van der Waals surface area contributed by atoms with E-state index in [1.165, 1.54) is 12.1 Å². The molecule has 126 valence electrons. The smallest absolute Gasteiger partial charge is 0.393 e. The zero-order chi connectivity index (χ0) is 16.9. The highest BCUT2D eigenvalue weighted by Gasteiger charge is 2.33. The van der Waals surface area contributed by atoms with Gasteiger partial charge in [-0.15, -0.1) is 0 Å². The Morgan fingerprint density at radius 3 is 2.65 bits per heavy atom. The minimum absolute atomic E-state index is 0.240. The predicted octanol–water partition coefficient (Wildman–Crippen LogP) is 4.32. The summed E-state index contributed by atoms with van der Waals surface area (Å²) in [6.07, 6.45) is 0.977. The van der Waals surface area contributed by atoms with Crippen molar-refractivity contribution in [1.29, 1.82) is 5.26 Å². The first kappa shape index (κ1) is 17.6. The summed E-state index contributed by atoms with van der Waals surface area (Å²) in [6, 6.07) is 5.23. The molecule has 0 aliphatic heterocycles. The van der Waals surface area contributed by atoms with Gasteiger partial charge >= 0.3 is 6.18 Å². The molecule has 1 aliphatic carbocycles. The van der Waals surface area contributed by atoms with E-state index in [-0.39, 0.29) is 11.7 Å². The predicted molar refractivity (Wildman–Crippen MR) is 81.8 cm³/mol. The van der Waals surface area contributed by atoms with Crippen molar-refractivity contribution in [1.82, 2.24) is 0 Å². The van der Waals surface area contributed by atoms with Gasteiger partial charge in [-0.2, -0.15) is 18.4 Å². The van der Waals surface area contributed by atoms with Crippen molar-refractivity contribution >= 4 is 5.69 Å². The number of benzene rings is 1. The Hall–Kier alpha value is -1.74. The number of hydrogen-bond acceptors (Lipinski definition) is 3. The van der Waals surface area contributed by atoms with Crippen LogP contribution in [0.15, 0.2) is 18.2 Å². The molecule has 0 amide bonds. The van der Waals surface area contributed by atoms with E-state index in [1.54, 1.807) is 6.07 Å². The van der Waals surface area contributed by atoms with E-state index in [4.69, 9.17) is 5.26 Å². The summed E-state index contributed by atoms with van der Waals surface area (Å²) in [7, 11) is 0. The maximum atomic E-state index is 12.9. The van der Waals surface area contributed by atoms with E-state index in [0.717, 1.165) is 44.6 Å². The molecule has 1 fully saturated rings. The molecule has 3 nitrogen and oxygen atoms in total. The molecule has 0 radical (unpaired) electrons. The number of halogens is 3. The second kappa shape index (κ2) is 7.69. The minimum atomic E-state index is -4.53. The molecule has 6 heteroatoms. The third-order valence-electron chi connectivity index (χ3n) is 4.40. The van der Waals surface area contributed by atoms with Gasteiger partial charge in [0.05, 0.1) is 23.3 Å². The minimum Gasteiger partial charge on any atom is -0.393 e. The largest absolute Gasteiger partial charge is 0.417 e. The number of rotatable bonds is 5. The highest BCUT2D eigenvalue weighted by Crippen LogP contribution is 2.33. The monoisotopic (exact) mass is 326 g/mol. The van der Waals surface area contributed by atoms with Crippen molar-refractivity contribution in [3.63, 3.8) is 0 Å². The maximum absolute atomic E-state index is 12.9. The number of nitriles is 1. The Balaban J connectivity index is 1.87. The Bertz CT molecular complexity index is 566. The van der Waals surface area contributed by atoms with Crippen LogP contribution in [0.25, 0.3) is 0 Å². The quantitative estimate of drug-likeness (QED) is 0.792. The molecule has 2 unspecified atom stereocenters. The third-order valence-corrected chi connectivity index (χ3v) is 4.40. The number of anilines is 1. The summed E-state index contributed by atoms with van der Waals surface area (Å²) in [5.41, 5.74) is -0.915. The number of nitrogens with zero attached hydrogens (tertiary/aromatic N) is 1. The fraction of sp³-hybridized carbons (Fsp3) is 0.588. The zero-order valence-electron chi connectivity index (χ0n) is 12.9. The molecular weight excluding hydrogens is 305 g/mol. The van der Waals surface area contributed by atoms with E-state index in [1.807, 2.05) is 0 Å². The zero-order valence-corrected chi connectivity index (χ0v) is 12.9. The lowest BCUT2D eigenvalue weighted by atomic mass is 9.83. The first-order chi connectivity index (χ1) is 10.9. The number of nitrogens with one attached hydrogen (secondary N) is 1. The number of aliphatic hydroxyl groups excluding tert-OH is 1. The van der Waals surface area contributed by atoms with Crippen LogP contribution in [0.5, 0.6) is 0 Å². The number of alkyl halides is 3. The normalized spacial score (nSPS) is 21.7. The molecule has 2 atom stereocenters. The van der Waals surface area contributed by atoms with E-state index in [9.17, 15) is 18.3 Å². The molecule has 0 saturated heterocycles. The summed E-state index contributed by atoms with van der Waals surface area (Å²) in [4.78, 5) is 0. The van der Waals surface area contributed by atoms with E-state index < -0.39 is 11.7 Å². The summed E-state index contributed by atoms with van der Waals surface area (Å²) in [5, 5.41) is 21.6. The SMILES string of the molecule is N#Cc1ccc(NCCCC2CCCCC2O)cc1C(F)(F)F. The van der Waals surface area contributed by atoms with Crippen LogP contribution in [0, 0.1) is 17.2 Å². The Morgan fingerprint density at radius 2 is 2.00 bits per heavy atom. The first-order valence-corrected chi connectivity index (χ1v) is 7.95. The van der Waals surface area contributed by atoms with Gasteiger partial charge in [0.25, 0.3) is 0 Å². The highest BCUT2D eigenvalue weighted by molar-refractivity contribution is 5.53. The number of aliphatic hydroxyl groups is 1. The average molecular weight is 326 g/mol. The van der Waals surface area contributed by atoms with Crippen molar-refractivity contribution in [3.8, 4) is 6.07 Å². The van der Waals surface area contributed by atoms with E-state index >= 15 is 0 Å². The van der Waals surface area contributed by atoms with E-state index in [0.29, 0.717) is 18.2 Å². The van der Waals surface area contributed by atoms with Gasteiger partial charge in [-0.3, -0.25) is 0 Å². The molecule has 1 aliphatic rings. The van der Waals surface area contributed by atoms with Gasteiger partial charge in [0, 0.05) is 12.2 Å². The van der Waals surface area contributed by atoms with Crippen LogP contribution in [-0.4, -0.2) is 17.8 Å². The van der Waals surface area contributed by atoms with Crippen LogP contribution in [-0.2, 0) is 6.18 Å². The van der Waals surface area contributed by atoms with Gasteiger partial charge < -0.3 is 10.4 Å². The van der Waals surface area contributed by atoms with Crippen LogP contribution >= 0.6 is 0 Å². The van der Waals surface area contributed by atoms with Gasteiger partial charge in [-0.1, -0.05) is 12.8 Å². The third kappa shape index (κ3) is 4.87. The van der Waals surface area contributed by atoms with Gasteiger partial charge in [0.15, 0.2) is 0 Å². The van der Waals surface area contributed by atoms with Crippen LogP contribution in [0.4, 0.5) is 18.9 Å². The second-order valence-corrected chi connectivity index (χ2v) is 6.05. The maximum Gasteiger partial charge on any atom is 0.417 e. The summed E-state index contributed by atoms with van der Waals surface area (Å²) < 4.78 is 38.6. The van der Waals surface area contributed by atoms with Crippen molar-refractivity contribution < 1.29 is 18.3 Å². The summed E-state index contributed by atoms with van der Waals surface area (Å²) in [5.74, 6) is 0.303. The van der Waals surface area contributed by atoms with Crippen molar-refractivity contribution in [2.75, 3.05) is 11.9 Å². The van der Waals surface area contributed by atoms with Gasteiger partial charge in [-0.25, -0.2) is 0 Å². The van der Waals surface area contributed by atoms with Crippen LogP contribution in [0.2, 0.25) is 0 Å². The Kier molecular flexibility index (Phi) is 5.89. The van der Waals surface area contributed by atoms with E-state index in [2.05, 4.69) is 5.32 Å². The lowest BCUT2D eigenvalue weighted by Crippen LogP contribution is -2.24. The van der Waals surface area contributed by atoms with Crippen LogP contribution in [0.3, 0.4) is 0 Å². The van der Waals surface area contributed by atoms with Gasteiger partial charge in [-0.05, 0) is 49.8 Å². The highest BCUT2D eigenvalue weighted by atomic mass is 19.4. The first-order valence-electron chi connectivity index (χ1n) is 7.95. The van der Waals surface area contributed by atoms with Crippen molar-refractivity contribution in [2.24, 2.45) is 5.92 Å². The van der Waals surface area contributed by atoms with Gasteiger partial charge in [0.2, 0.25) is 0 Å². The summed E-state index contributed by atoms with van der Waals surface area (Å²) in [6.45, 7) is 0.548. The molecule has 0 spiro atoms. The summed E-state index contributed by atoms with van der Waals surface area (Å²) >= 11 is 0. The molecule has 2 rings (SSSR count). The standard InChI is InChI=1S/C17H21F3N2O/c18-17(19,20)15-10-14(8-7-13(15)11-21)22-9-3-5-12-4-1-2-6-16(12)23/h7-8,10,12,16,22-23H,1-6,9H2. The van der Waals surface area contributed by atoms with Crippen LogP contribution in [0.1, 0.15) is 49.7 Å². The molecule has 0 aromatic heterocycles. The molecule has 0 bridgehead atoms.